The molecule has 29 heavy (non-hydrogen) atoms. The van der Waals surface area contributed by atoms with Gasteiger partial charge in [0.15, 0.2) is 0 Å². The molecule has 2 fully saturated rings. The molecule has 2 amide bonds. The molecule has 1 aromatic rings. The summed E-state index contributed by atoms with van der Waals surface area (Å²) in [5.41, 5.74) is 3.45. The Hall–Kier alpha value is -1.85. The number of carbonyl (C=O) groups excluding carboxylic acids is 2. The van der Waals surface area contributed by atoms with Gasteiger partial charge in [-0.1, -0.05) is 25.7 Å². The van der Waals surface area contributed by atoms with Gasteiger partial charge in [0.2, 0.25) is 11.8 Å². The van der Waals surface area contributed by atoms with Crippen LogP contribution >= 0.6 is 0 Å². The van der Waals surface area contributed by atoms with Gasteiger partial charge in [-0.05, 0) is 31.6 Å². The van der Waals surface area contributed by atoms with Gasteiger partial charge in [0.05, 0.1) is 5.69 Å². The summed E-state index contributed by atoms with van der Waals surface area (Å²) in [6.07, 6.45) is 12.6. The zero-order valence-electron chi connectivity index (χ0n) is 18.0. The molecule has 0 N–H and O–H groups in total. The first-order chi connectivity index (χ1) is 14.1. The van der Waals surface area contributed by atoms with Crippen molar-refractivity contribution < 1.29 is 9.59 Å². The van der Waals surface area contributed by atoms with Gasteiger partial charge < -0.3 is 9.80 Å². The lowest BCUT2D eigenvalue weighted by atomic mass is 9.99. The summed E-state index contributed by atoms with van der Waals surface area (Å²) in [5.74, 6) is 1.31. The lowest BCUT2D eigenvalue weighted by Crippen LogP contribution is -2.37. The Kier molecular flexibility index (Phi) is 6.56. The number of amides is 2. The van der Waals surface area contributed by atoms with E-state index in [2.05, 4.69) is 0 Å². The minimum Gasteiger partial charge on any atom is -0.343 e. The molecule has 0 bridgehead atoms. The van der Waals surface area contributed by atoms with Crippen molar-refractivity contribution >= 4 is 11.8 Å². The van der Waals surface area contributed by atoms with Crippen LogP contribution in [-0.2, 0) is 36.0 Å². The topological polar surface area (TPSA) is 58.4 Å². The van der Waals surface area contributed by atoms with E-state index >= 15 is 0 Å². The number of likely N-dealkylation sites (tertiary alicyclic amines) is 1. The van der Waals surface area contributed by atoms with Crippen molar-refractivity contribution in [1.29, 1.82) is 0 Å². The number of aryl methyl sites for hydroxylation is 2. The van der Waals surface area contributed by atoms with Crippen LogP contribution in [0.4, 0.5) is 0 Å². The van der Waals surface area contributed by atoms with Crippen LogP contribution in [0, 0.1) is 5.92 Å². The van der Waals surface area contributed by atoms with E-state index < -0.39 is 0 Å². The average molecular weight is 401 g/mol. The molecule has 1 saturated heterocycles. The van der Waals surface area contributed by atoms with E-state index in [-0.39, 0.29) is 5.91 Å². The van der Waals surface area contributed by atoms with Crippen molar-refractivity contribution in [2.75, 3.05) is 19.6 Å². The van der Waals surface area contributed by atoms with Gasteiger partial charge in [0, 0.05) is 70.2 Å². The molecule has 0 unspecified atom stereocenters. The second-order valence-electron chi connectivity index (χ2n) is 9.19. The minimum absolute atomic E-state index is 0.254. The number of fused-ring (bicyclic) bond motifs is 1. The number of aromatic nitrogens is 2. The fourth-order valence-corrected chi connectivity index (χ4v) is 5.39. The van der Waals surface area contributed by atoms with Crippen LogP contribution in [0.25, 0.3) is 0 Å². The monoisotopic (exact) mass is 400 g/mol. The second-order valence-corrected chi connectivity index (χ2v) is 9.19. The first-order valence-electron chi connectivity index (χ1n) is 11.7. The Labute approximate surface area is 174 Å². The van der Waals surface area contributed by atoms with E-state index in [0.29, 0.717) is 31.7 Å². The second kappa shape index (κ2) is 9.31. The predicted octanol–water partition coefficient (Wildman–Crippen LogP) is 3.22. The first kappa shape index (κ1) is 20.4. The molecule has 4 rings (SSSR count). The molecule has 3 heterocycles. The summed E-state index contributed by atoms with van der Waals surface area (Å²) in [6, 6.07) is 0. The Bertz CT molecular complexity index is 729. The highest BCUT2D eigenvalue weighted by Crippen LogP contribution is 2.29. The molecular weight excluding hydrogens is 364 g/mol. The fourth-order valence-electron chi connectivity index (χ4n) is 5.39. The third-order valence-electron chi connectivity index (χ3n) is 7.20. The highest BCUT2D eigenvalue weighted by atomic mass is 16.2. The third kappa shape index (κ3) is 4.84. The fraction of sp³-hybridized carbons (Fsp3) is 0.783. The van der Waals surface area contributed by atoms with Crippen molar-refractivity contribution in [2.24, 2.45) is 13.0 Å². The van der Waals surface area contributed by atoms with Crippen molar-refractivity contribution in [3.8, 4) is 0 Å². The summed E-state index contributed by atoms with van der Waals surface area (Å²) in [4.78, 5) is 29.4. The maximum atomic E-state index is 12.8. The van der Waals surface area contributed by atoms with Crippen LogP contribution < -0.4 is 0 Å². The van der Waals surface area contributed by atoms with Crippen molar-refractivity contribution in [3.05, 3.63) is 17.0 Å². The number of rotatable bonds is 6. The molecule has 160 valence electrons. The van der Waals surface area contributed by atoms with Crippen LogP contribution in [0.1, 0.15) is 81.2 Å². The minimum atomic E-state index is 0.254. The maximum Gasteiger partial charge on any atom is 0.222 e. The predicted molar refractivity (Wildman–Crippen MR) is 112 cm³/mol. The maximum absolute atomic E-state index is 12.8. The third-order valence-corrected chi connectivity index (χ3v) is 7.20. The van der Waals surface area contributed by atoms with Crippen LogP contribution in [0.2, 0.25) is 0 Å². The summed E-state index contributed by atoms with van der Waals surface area (Å²) in [7, 11) is 1.99. The highest BCUT2D eigenvalue weighted by molar-refractivity contribution is 5.77. The average Bonchev–Trinajstić information content (AvgIpc) is 3.38. The van der Waals surface area contributed by atoms with E-state index in [1.807, 2.05) is 21.5 Å². The summed E-state index contributed by atoms with van der Waals surface area (Å²) in [6.45, 7) is 3.27. The highest BCUT2D eigenvalue weighted by Gasteiger charge is 2.28. The molecular formula is C23H36N4O2. The molecule has 0 spiro atoms. The van der Waals surface area contributed by atoms with E-state index in [4.69, 9.17) is 5.10 Å². The molecule has 6 nitrogen and oxygen atoms in total. The van der Waals surface area contributed by atoms with E-state index in [0.717, 1.165) is 56.9 Å². The smallest absolute Gasteiger partial charge is 0.222 e. The Balaban J connectivity index is 1.34. The molecule has 1 saturated carbocycles. The van der Waals surface area contributed by atoms with Crippen LogP contribution in [-0.4, -0.2) is 51.0 Å². The van der Waals surface area contributed by atoms with E-state index in [1.54, 1.807) is 0 Å². The van der Waals surface area contributed by atoms with E-state index in [1.165, 1.54) is 43.4 Å². The van der Waals surface area contributed by atoms with Crippen molar-refractivity contribution in [2.45, 2.75) is 83.6 Å². The van der Waals surface area contributed by atoms with Gasteiger partial charge in [-0.25, -0.2) is 0 Å². The van der Waals surface area contributed by atoms with Gasteiger partial charge in [0.1, 0.15) is 0 Å². The van der Waals surface area contributed by atoms with Gasteiger partial charge >= 0.3 is 0 Å². The van der Waals surface area contributed by atoms with Gasteiger partial charge in [-0.2, -0.15) is 5.10 Å². The SMILES string of the molecule is Cn1nc(CCC(=O)N2CCCCC2)c2c1CCN(C(=O)CCC1CCCC1)C2. The quantitative estimate of drug-likeness (QED) is 0.737. The van der Waals surface area contributed by atoms with Crippen molar-refractivity contribution in [3.63, 3.8) is 0 Å². The summed E-state index contributed by atoms with van der Waals surface area (Å²) < 4.78 is 1.97. The Morgan fingerprint density at radius 3 is 2.41 bits per heavy atom. The molecule has 0 radical (unpaired) electrons. The zero-order valence-corrected chi connectivity index (χ0v) is 18.0. The lowest BCUT2D eigenvalue weighted by Gasteiger charge is -2.28. The lowest BCUT2D eigenvalue weighted by molar-refractivity contribution is -0.133. The van der Waals surface area contributed by atoms with Gasteiger partial charge in [-0.3, -0.25) is 14.3 Å². The van der Waals surface area contributed by atoms with Gasteiger partial charge in [0.25, 0.3) is 0 Å². The number of carbonyl (C=O) groups is 2. The molecule has 6 heteroatoms. The number of hydrogen-bond acceptors (Lipinski definition) is 3. The number of hydrogen-bond donors (Lipinski definition) is 0. The first-order valence-corrected chi connectivity index (χ1v) is 11.7. The van der Waals surface area contributed by atoms with Crippen LogP contribution in [0.15, 0.2) is 0 Å². The molecule has 2 aliphatic heterocycles. The summed E-state index contributed by atoms with van der Waals surface area (Å²) >= 11 is 0. The Morgan fingerprint density at radius 1 is 0.931 bits per heavy atom. The molecule has 0 atom stereocenters. The zero-order chi connectivity index (χ0) is 20.2. The largest absolute Gasteiger partial charge is 0.343 e. The number of nitrogens with zero attached hydrogens (tertiary/aromatic N) is 4. The molecule has 3 aliphatic rings. The van der Waals surface area contributed by atoms with Crippen molar-refractivity contribution in [1.82, 2.24) is 19.6 Å². The normalized spacial score (nSPS) is 20.2. The Morgan fingerprint density at radius 2 is 1.66 bits per heavy atom. The van der Waals surface area contributed by atoms with Crippen LogP contribution in [0.5, 0.6) is 0 Å². The number of piperidine rings is 1. The summed E-state index contributed by atoms with van der Waals surface area (Å²) in [5, 5.41) is 4.72. The molecule has 1 aromatic heterocycles. The molecule has 1 aliphatic carbocycles. The standard InChI is InChI=1S/C23H36N4O2/c1-25-21-13-16-27(23(29)11-9-18-7-3-4-8-18)17-19(21)20(24-25)10-12-22(28)26-14-5-2-6-15-26/h18H,2-17H2,1H3. The molecule has 0 aromatic carbocycles. The van der Waals surface area contributed by atoms with Crippen LogP contribution in [0.3, 0.4) is 0 Å². The van der Waals surface area contributed by atoms with Gasteiger partial charge in [-0.15, -0.1) is 0 Å². The van der Waals surface area contributed by atoms with E-state index in [9.17, 15) is 9.59 Å².